The van der Waals surface area contributed by atoms with Gasteiger partial charge >= 0.3 is 0 Å². The minimum Gasteiger partial charge on any atom is -0.390 e. The molecular formula is C28H43N3O2. The van der Waals surface area contributed by atoms with Crippen LogP contribution in [-0.2, 0) is 6.54 Å². The third-order valence-electron chi connectivity index (χ3n) is 11.3. The van der Waals surface area contributed by atoms with Gasteiger partial charge in [-0.05, 0) is 118 Å². The predicted molar refractivity (Wildman–Crippen MR) is 128 cm³/mol. The molecule has 182 valence electrons. The molecule has 1 heterocycles. The second kappa shape index (κ2) is 7.82. The van der Waals surface area contributed by atoms with Gasteiger partial charge in [0.1, 0.15) is 6.07 Å². The van der Waals surface area contributed by atoms with Crippen molar-refractivity contribution in [2.45, 2.75) is 110 Å². The molecule has 4 saturated carbocycles. The van der Waals surface area contributed by atoms with Crippen LogP contribution in [0.15, 0.2) is 12.4 Å². The Morgan fingerprint density at radius 1 is 1.15 bits per heavy atom. The van der Waals surface area contributed by atoms with E-state index in [9.17, 15) is 10.2 Å². The monoisotopic (exact) mass is 453 g/mol. The molecule has 0 spiro atoms. The Bertz CT molecular complexity index is 930. The van der Waals surface area contributed by atoms with E-state index in [1.807, 2.05) is 6.92 Å². The van der Waals surface area contributed by atoms with Crippen LogP contribution in [-0.4, -0.2) is 31.2 Å². The lowest BCUT2D eigenvalue weighted by Crippen LogP contribution is -2.57. The molecule has 5 heteroatoms. The van der Waals surface area contributed by atoms with Crippen molar-refractivity contribution in [3.05, 3.63) is 18.0 Å². The van der Waals surface area contributed by atoms with E-state index in [0.717, 1.165) is 31.1 Å². The van der Waals surface area contributed by atoms with Crippen molar-refractivity contribution in [2.24, 2.45) is 40.4 Å². The van der Waals surface area contributed by atoms with Gasteiger partial charge in [0.15, 0.2) is 0 Å². The first-order chi connectivity index (χ1) is 15.5. The number of hydrogen-bond acceptors (Lipinski definition) is 4. The van der Waals surface area contributed by atoms with Crippen LogP contribution in [0.3, 0.4) is 0 Å². The molecule has 4 fully saturated rings. The SMILES string of the molecule is CC[C@]12CC[C@@](C)(O)C[C@H]1CC[C@H]1[C@@H]3CC[C@H]([C@@](C)(O)Cn4cc(C#N)cn4)[C@@]3(C)CC[C@@H]12. The summed E-state index contributed by atoms with van der Waals surface area (Å²) in [5.41, 5.74) is -0.185. The van der Waals surface area contributed by atoms with E-state index in [0.29, 0.717) is 29.4 Å². The molecule has 4 aliphatic rings. The Morgan fingerprint density at radius 3 is 2.64 bits per heavy atom. The summed E-state index contributed by atoms with van der Waals surface area (Å²) in [4.78, 5) is 0. The van der Waals surface area contributed by atoms with Crippen LogP contribution in [0.4, 0.5) is 0 Å². The van der Waals surface area contributed by atoms with Gasteiger partial charge in [0, 0.05) is 6.20 Å². The Labute approximate surface area is 199 Å². The summed E-state index contributed by atoms with van der Waals surface area (Å²) in [6.45, 7) is 9.38. The molecule has 9 atom stereocenters. The molecule has 1 aromatic heterocycles. The smallest absolute Gasteiger partial charge is 0.102 e. The number of nitrogens with zero attached hydrogens (tertiary/aromatic N) is 3. The highest BCUT2D eigenvalue weighted by atomic mass is 16.3. The summed E-state index contributed by atoms with van der Waals surface area (Å²) in [5.74, 6) is 3.16. The normalized spacial score (nSPS) is 46.5. The first-order valence-electron chi connectivity index (χ1n) is 13.4. The van der Waals surface area contributed by atoms with Crippen LogP contribution in [0.2, 0.25) is 0 Å². The molecule has 1 aromatic rings. The van der Waals surface area contributed by atoms with Crippen molar-refractivity contribution in [3.63, 3.8) is 0 Å². The Morgan fingerprint density at radius 2 is 1.94 bits per heavy atom. The average Bonchev–Trinajstić information content (AvgIpc) is 3.36. The number of aromatic nitrogens is 2. The number of fused-ring (bicyclic) bond motifs is 5. The lowest BCUT2D eigenvalue weighted by Gasteiger charge is -2.63. The molecule has 0 saturated heterocycles. The fourth-order valence-electron chi connectivity index (χ4n) is 9.91. The molecule has 4 aliphatic carbocycles. The van der Waals surface area contributed by atoms with Gasteiger partial charge in [-0.15, -0.1) is 0 Å². The molecule has 33 heavy (non-hydrogen) atoms. The van der Waals surface area contributed by atoms with Gasteiger partial charge in [0.25, 0.3) is 0 Å². The second-order valence-electron chi connectivity index (χ2n) is 13.0. The molecule has 5 rings (SSSR count). The highest BCUT2D eigenvalue weighted by molar-refractivity contribution is 5.22. The maximum Gasteiger partial charge on any atom is 0.102 e. The molecule has 0 bridgehead atoms. The third kappa shape index (κ3) is 3.59. The van der Waals surface area contributed by atoms with E-state index in [-0.39, 0.29) is 11.3 Å². The van der Waals surface area contributed by atoms with Crippen molar-refractivity contribution >= 4 is 0 Å². The van der Waals surface area contributed by atoms with Gasteiger partial charge in [0.2, 0.25) is 0 Å². The molecule has 0 unspecified atom stereocenters. The molecule has 0 radical (unpaired) electrons. The number of rotatable bonds is 4. The van der Waals surface area contributed by atoms with Gasteiger partial charge in [-0.25, -0.2) is 0 Å². The van der Waals surface area contributed by atoms with Gasteiger partial charge in [-0.2, -0.15) is 10.4 Å². The van der Waals surface area contributed by atoms with E-state index < -0.39 is 11.2 Å². The van der Waals surface area contributed by atoms with Crippen molar-refractivity contribution in [1.82, 2.24) is 9.78 Å². The Hall–Kier alpha value is -1.38. The lowest BCUT2D eigenvalue weighted by molar-refractivity contribution is -0.166. The topological polar surface area (TPSA) is 82.1 Å². The molecule has 5 nitrogen and oxygen atoms in total. The summed E-state index contributed by atoms with van der Waals surface area (Å²) in [5, 5.41) is 36.0. The van der Waals surface area contributed by atoms with Crippen LogP contribution in [0.5, 0.6) is 0 Å². The molecule has 2 N–H and O–H groups in total. The van der Waals surface area contributed by atoms with Gasteiger partial charge in [0.05, 0.1) is 29.5 Å². The average molecular weight is 454 g/mol. The van der Waals surface area contributed by atoms with Gasteiger partial charge in [-0.1, -0.05) is 13.8 Å². The van der Waals surface area contributed by atoms with Crippen molar-refractivity contribution in [1.29, 1.82) is 5.26 Å². The van der Waals surface area contributed by atoms with Crippen molar-refractivity contribution < 1.29 is 10.2 Å². The summed E-state index contributed by atoms with van der Waals surface area (Å²) < 4.78 is 1.76. The highest BCUT2D eigenvalue weighted by Crippen LogP contribution is 2.69. The largest absolute Gasteiger partial charge is 0.390 e. The molecular weight excluding hydrogens is 410 g/mol. The van der Waals surface area contributed by atoms with Crippen LogP contribution in [0, 0.1) is 51.8 Å². The standard InChI is InChI=1S/C28H43N3O2/c1-5-28-13-12-25(2,32)14-20(28)6-7-21-22-8-9-24(26(22,3)11-10-23(21)28)27(4,33)18-31-17-19(15-29)16-30-31/h16-17,20-24,32-33H,5-14,18H2,1-4H3/t20-,21+,22+,23+,24+,25-,26+,27+,28+/m1/s1. The van der Waals surface area contributed by atoms with Crippen molar-refractivity contribution in [2.75, 3.05) is 0 Å². The number of nitriles is 1. The fraction of sp³-hybridized carbons (Fsp3) is 0.857. The zero-order valence-electron chi connectivity index (χ0n) is 21.1. The molecule has 0 aromatic carbocycles. The number of hydrogen-bond donors (Lipinski definition) is 2. The second-order valence-corrected chi connectivity index (χ2v) is 13.0. The van der Waals surface area contributed by atoms with E-state index in [4.69, 9.17) is 5.26 Å². The summed E-state index contributed by atoms with van der Waals surface area (Å²) >= 11 is 0. The van der Waals surface area contributed by atoms with Crippen LogP contribution in [0.1, 0.15) is 97.5 Å². The summed E-state index contributed by atoms with van der Waals surface area (Å²) in [7, 11) is 0. The predicted octanol–water partition coefficient (Wildman–Crippen LogP) is 5.31. The summed E-state index contributed by atoms with van der Waals surface area (Å²) in [6.07, 6.45) is 15.1. The van der Waals surface area contributed by atoms with E-state index in [1.165, 1.54) is 44.9 Å². The van der Waals surface area contributed by atoms with Gasteiger partial charge in [-0.3, -0.25) is 4.68 Å². The zero-order valence-corrected chi connectivity index (χ0v) is 21.1. The summed E-state index contributed by atoms with van der Waals surface area (Å²) in [6, 6.07) is 2.14. The minimum atomic E-state index is -0.835. The van der Waals surface area contributed by atoms with Crippen molar-refractivity contribution in [3.8, 4) is 6.07 Å². The van der Waals surface area contributed by atoms with E-state index in [1.54, 1.807) is 17.1 Å². The first kappa shape index (κ1) is 23.4. The van der Waals surface area contributed by atoms with E-state index in [2.05, 4.69) is 31.9 Å². The highest BCUT2D eigenvalue weighted by Gasteiger charge is 2.63. The van der Waals surface area contributed by atoms with Crippen LogP contribution < -0.4 is 0 Å². The molecule has 0 aliphatic heterocycles. The lowest BCUT2D eigenvalue weighted by atomic mass is 9.42. The zero-order chi connectivity index (χ0) is 23.6. The van der Waals surface area contributed by atoms with Gasteiger partial charge < -0.3 is 10.2 Å². The maximum absolute atomic E-state index is 11.7. The Balaban J connectivity index is 1.38. The van der Waals surface area contributed by atoms with Crippen LogP contribution in [0.25, 0.3) is 0 Å². The number of aliphatic hydroxyl groups is 2. The third-order valence-corrected chi connectivity index (χ3v) is 11.3. The quantitative estimate of drug-likeness (QED) is 0.648. The van der Waals surface area contributed by atoms with E-state index >= 15 is 0 Å². The fourth-order valence-corrected chi connectivity index (χ4v) is 9.91. The molecule has 0 amide bonds. The maximum atomic E-state index is 11.7. The minimum absolute atomic E-state index is 0.164. The van der Waals surface area contributed by atoms with Crippen LogP contribution >= 0.6 is 0 Å². The first-order valence-corrected chi connectivity index (χ1v) is 13.4. The Kier molecular flexibility index (Phi) is 5.54.